The van der Waals surface area contributed by atoms with E-state index < -0.39 is 0 Å². The topological polar surface area (TPSA) is 42.3 Å². The van der Waals surface area contributed by atoms with Crippen molar-refractivity contribution in [2.75, 3.05) is 38.7 Å². The van der Waals surface area contributed by atoms with Gasteiger partial charge in [-0.3, -0.25) is 4.68 Å². The molecular formula is C15H28N4O. The summed E-state index contributed by atoms with van der Waals surface area (Å²) in [6.45, 7) is 9.72. The van der Waals surface area contributed by atoms with E-state index in [4.69, 9.17) is 4.74 Å². The number of likely N-dealkylation sites (tertiary alicyclic amines) is 1. The van der Waals surface area contributed by atoms with Gasteiger partial charge in [0.15, 0.2) is 0 Å². The third-order valence-corrected chi connectivity index (χ3v) is 3.74. The smallest absolute Gasteiger partial charge is 0.0728 e. The number of nitrogens with one attached hydrogen (secondary N) is 1. The molecule has 0 atom stereocenters. The Hall–Kier alpha value is -1.07. The zero-order valence-electron chi connectivity index (χ0n) is 13.0. The highest BCUT2D eigenvalue weighted by Crippen LogP contribution is 2.17. The van der Waals surface area contributed by atoms with Crippen LogP contribution in [0.1, 0.15) is 26.7 Å². The number of hydrogen-bond donors (Lipinski definition) is 1. The largest absolute Gasteiger partial charge is 0.383 e. The first kappa shape index (κ1) is 15.3. The Labute approximate surface area is 122 Å². The van der Waals surface area contributed by atoms with Crippen molar-refractivity contribution in [1.29, 1.82) is 0 Å². The first-order chi connectivity index (χ1) is 9.67. The lowest BCUT2D eigenvalue weighted by Gasteiger charge is -2.33. The number of anilines is 1. The van der Waals surface area contributed by atoms with E-state index in [9.17, 15) is 0 Å². The molecule has 1 saturated heterocycles. The minimum absolute atomic E-state index is 0.582. The van der Waals surface area contributed by atoms with Gasteiger partial charge < -0.3 is 15.0 Å². The molecule has 2 rings (SSSR count). The van der Waals surface area contributed by atoms with Gasteiger partial charge in [-0.15, -0.1) is 0 Å². The van der Waals surface area contributed by atoms with Gasteiger partial charge in [-0.2, -0.15) is 5.10 Å². The molecule has 0 bridgehead atoms. The van der Waals surface area contributed by atoms with Crippen molar-refractivity contribution in [2.45, 2.75) is 39.3 Å². The maximum atomic E-state index is 5.06. The van der Waals surface area contributed by atoms with Crippen molar-refractivity contribution in [3.8, 4) is 0 Å². The van der Waals surface area contributed by atoms with Crippen LogP contribution in [0.3, 0.4) is 0 Å². The van der Waals surface area contributed by atoms with Gasteiger partial charge in [0.25, 0.3) is 0 Å². The van der Waals surface area contributed by atoms with E-state index >= 15 is 0 Å². The number of methoxy groups -OCH3 is 1. The summed E-state index contributed by atoms with van der Waals surface area (Å²) in [5.74, 6) is 0.763. The molecule has 0 amide bonds. The van der Waals surface area contributed by atoms with Crippen LogP contribution in [0.15, 0.2) is 12.4 Å². The van der Waals surface area contributed by atoms with Crippen LogP contribution >= 0.6 is 0 Å². The molecule has 5 nitrogen and oxygen atoms in total. The van der Waals surface area contributed by atoms with Crippen LogP contribution in [0.5, 0.6) is 0 Å². The molecule has 0 unspecified atom stereocenters. The lowest BCUT2D eigenvalue weighted by Crippen LogP contribution is -2.40. The molecule has 2 heterocycles. The van der Waals surface area contributed by atoms with E-state index in [0.29, 0.717) is 12.6 Å². The highest BCUT2D eigenvalue weighted by atomic mass is 16.5. The fraction of sp³-hybridized carbons (Fsp3) is 0.800. The second-order valence-corrected chi connectivity index (χ2v) is 6.10. The lowest BCUT2D eigenvalue weighted by molar-refractivity contribution is 0.183. The average Bonchev–Trinajstić information content (AvgIpc) is 2.86. The molecule has 20 heavy (non-hydrogen) atoms. The molecular weight excluding hydrogens is 252 g/mol. The summed E-state index contributed by atoms with van der Waals surface area (Å²) in [5, 5.41) is 7.94. The monoisotopic (exact) mass is 280 g/mol. The molecule has 0 spiro atoms. The molecule has 5 heteroatoms. The first-order valence-corrected chi connectivity index (χ1v) is 7.67. The van der Waals surface area contributed by atoms with Crippen LogP contribution < -0.4 is 5.32 Å². The summed E-state index contributed by atoms with van der Waals surface area (Å²) >= 11 is 0. The van der Waals surface area contributed by atoms with Crippen molar-refractivity contribution < 1.29 is 4.74 Å². The van der Waals surface area contributed by atoms with Gasteiger partial charge in [0.05, 0.1) is 25.0 Å². The number of rotatable bonds is 7. The van der Waals surface area contributed by atoms with Crippen LogP contribution in [-0.4, -0.2) is 54.1 Å². The van der Waals surface area contributed by atoms with Crippen molar-refractivity contribution in [1.82, 2.24) is 14.7 Å². The molecule has 1 N–H and O–H groups in total. The fourth-order valence-electron chi connectivity index (χ4n) is 2.76. The highest BCUT2D eigenvalue weighted by Gasteiger charge is 2.19. The van der Waals surface area contributed by atoms with E-state index in [2.05, 4.69) is 35.4 Å². The van der Waals surface area contributed by atoms with Gasteiger partial charge in [0.1, 0.15) is 0 Å². The summed E-state index contributed by atoms with van der Waals surface area (Å²) in [7, 11) is 1.72. The number of hydrogen-bond acceptors (Lipinski definition) is 4. The van der Waals surface area contributed by atoms with Crippen LogP contribution in [0.4, 0.5) is 5.69 Å². The van der Waals surface area contributed by atoms with Crippen molar-refractivity contribution in [3.05, 3.63) is 12.4 Å². The molecule has 1 aliphatic rings. The standard InChI is InChI=1S/C15H28N4O/c1-13(2)11-18-6-4-14(5-7-18)17-15-10-16-19(12-15)8-9-20-3/h10,12-14,17H,4-9,11H2,1-3H3. The van der Waals surface area contributed by atoms with Crippen LogP contribution in [-0.2, 0) is 11.3 Å². The minimum Gasteiger partial charge on any atom is -0.383 e. The predicted octanol–water partition coefficient (Wildman–Crippen LogP) is 2.06. The normalized spacial score (nSPS) is 17.8. The molecule has 114 valence electrons. The molecule has 1 fully saturated rings. The fourth-order valence-corrected chi connectivity index (χ4v) is 2.76. The van der Waals surface area contributed by atoms with E-state index in [-0.39, 0.29) is 0 Å². The molecule has 0 radical (unpaired) electrons. The average molecular weight is 280 g/mol. The number of ether oxygens (including phenoxy) is 1. The minimum atomic E-state index is 0.582. The van der Waals surface area contributed by atoms with Gasteiger partial charge in [-0.05, 0) is 18.8 Å². The van der Waals surface area contributed by atoms with E-state index in [1.54, 1.807) is 7.11 Å². The highest BCUT2D eigenvalue weighted by molar-refractivity contribution is 5.39. The molecule has 1 aromatic rings. The summed E-state index contributed by atoms with van der Waals surface area (Å²) in [4.78, 5) is 2.57. The van der Waals surface area contributed by atoms with Gasteiger partial charge in [-0.1, -0.05) is 13.8 Å². The van der Waals surface area contributed by atoms with E-state index in [1.807, 2.05) is 10.9 Å². The van der Waals surface area contributed by atoms with E-state index in [0.717, 1.165) is 18.2 Å². The molecule has 0 aliphatic carbocycles. The second-order valence-electron chi connectivity index (χ2n) is 6.10. The quantitative estimate of drug-likeness (QED) is 0.830. The first-order valence-electron chi connectivity index (χ1n) is 7.67. The van der Waals surface area contributed by atoms with E-state index in [1.165, 1.54) is 32.5 Å². The Morgan fingerprint density at radius 2 is 2.15 bits per heavy atom. The predicted molar refractivity (Wildman–Crippen MR) is 82.0 cm³/mol. The Morgan fingerprint density at radius 1 is 1.40 bits per heavy atom. The Balaban J connectivity index is 1.73. The Morgan fingerprint density at radius 3 is 2.80 bits per heavy atom. The number of aromatic nitrogens is 2. The SMILES string of the molecule is COCCn1cc(NC2CCN(CC(C)C)CC2)cn1. The molecule has 1 aliphatic heterocycles. The zero-order valence-corrected chi connectivity index (χ0v) is 13.0. The zero-order chi connectivity index (χ0) is 14.4. The maximum Gasteiger partial charge on any atom is 0.0728 e. The Bertz CT molecular complexity index is 383. The lowest BCUT2D eigenvalue weighted by atomic mass is 10.0. The molecule has 0 aromatic carbocycles. The number of piperidine rings is 1. The number of nitrogens with zero attached hydrogens (tertiary/aromatic N) is 3. The van der Waals surface area contributed by atoms with Gasteiger partial charge in [0, 0.05) is 39.0 Å². The van der Waals surface area contributed by atoms with Crippen LogP contribution in [0.25, 0.3) is 0 Å². The Kier molecular flexibility index (Phi) is 5.86. The molecule has 0 saturated carbocycles. The van der Waals surface area contributed by atoms with Gasteiger partial charge in [-0.25, -0.2) is 0 Å². The van der Waals surface area contributed by atoms with Crippen molar-refractivity contribution in [2.24, 2.45) is 5.92 Å². The third kappa shape index (κ3) is 4.80. The summed E-state index contributed by atoms with van der Waals surface area (Å²) in [6.07, 6.45) is 6.42. The maximum absolute atomic E-state index is 5.06. The van der Waals surface area contributed by atoms with Crippen molar-refractivity contribution >= 4 is 5.69 Å². The van der Waals surface area contributed by atoms with Gasteiger partial charge >= 0.3 is 0 Å². The van der Waals surface area contributed by atoms with Crippen LogP contribution in [0, 0.1) is 5.92 Å². The summed E-state index contributed by atoms with van der Waals surface area (Å²) in [6, 6.07) is 0.582. The van der Waals surface area contributed by atoms with Crippen molar-refractivity contribution in [3.63, 3.8) is 0 Å². The van der Waals surface area contributed by atoms with Gasteiger partial charge in [0.2, 0.25) is 0 Å². The van der Waals surface area contributed by atoms with Crippen LogP contribution in [0.2, 0.25) is 0 Å². The third-order valence-electron chi connectivity index (χ3n) is 3.74. The summed E-state index contributed by atoms with van der Waals surface area (Å²) < 4.78 is 6.99. The molecule has 1 aromatic heterocycles. The summed E-state index contributed by atoms with van der Waals surface area (Å²) in [5.41, 5.74) is 1.13. The second kappa shape index (κ2) is 7.64.